The molecule has 9 heteroatoms. The molecule has 0 aliphatic heterocycles. The Morgan fingerprint density at radius 3 is 2.66 bits per heavy atom. The lowest BCUT2D eigenvalue weighted by Crippen LogP contribution is -2.27. The molecule has 6 nitrogen and oxygen atoms in total. The van der Waals surface area contributed by atoms with Crippen LogP contribution in [0.25, 0.3) is 16.7 Å². The fraction of sp³-hybridized carbons (Fsp3) is 0.174. The van der Waals surface area contributed by atoms with Gasteiger partial charge in [0, 0.05) is 31.0 Å². The van der Waals surface area contributed by atoms with Gasteiger partial charge in [0.25, 0.3) is 11.5 Å². The summed E-state index contributed by atoms with van der Waals surface area (Å²) in [5.74, 6) is -0.416. The first kappa shape index (κ1) is 21.4. The summed E-state index contributed by atoms with van der Waals surface area (Å²) in [4.78, 5) is 29.0. The second kappa shape index (κ2) is 8.70. The highest BCUT2D eigenvalue weighted by molar-refractivity contribution is 5.93. The topological polar surface area (TPSA) is 68.9 Å². The number of fused-ring (bicyclic) bond motifs is 1. The average Bonchev–Trinajstić information content (AvgIpc) is 3.19. The van der Waals surface area contributed by atoms with Gasteiger partial charge in [0.1, 0.15) is 0 Å². The molecule has 0 saturated carbocycles. The lowest BCUT2D eigenvalue weighted by Gasteiger charge is -2.12. The van der Waals surface area contributed by atoms with Gasteiger partial charge in [-0.3, -0.25) is 14.2 Å². The number of imidazole rings is 1. The molecule has 1 N–H and O–H groups in total. The predicted molar refractivity (Wildman–Crippen MR) is 114 cm³/mol. The average molecular weight is 440 g/mol. The number of carbonyl (C=O) groups excluding carboxylic acids is 1. The summed E-state index contributed by atoms with van der Waals surface area (Å²) in [6.45, 7) is 1.04. The van der Waals surface area contributed by atoms with Crippen molar-refractivity contribution in [2.75, 3.05) is 6.54 Å². The van der Waals surface area contributed by atoms with Crippen LogP contribution >= 0.6 is 0 Å². The molecule has 0 aliphatic carbocycles. The van der Waals surface area contributed by atoms with E-state index in [-0.39, 0.29) is 11.3 Å². The normalized spacial score (nSPS) is 11.6. The molecule has 0 unspecified atom stereocenters. The van der Waals surface area contributed by atoms with Crippen molar-refractivity contribution in [3.05, 3.63) is 94.7 Å². The molecule has 0 radical (unpaired) electrons. The monoisotopic (exact) mass is 440 g/mol. The number of nitrogens with zero attached hydrogens (tertiary/aromatic N) is 3. The van der Waals surface area contributed by atoms with E-state index in [1.165, 1.54) is 24.4 Å². The quantitative estimate of drug-likeness (QED) is 0.461. The van der Waals surface area contributed by atoms with E-state index >= 15 is 0 Å². The summed E-state index contributed by atoms with van der Waals surface area (Å²) < 4.78 is 42.0. The summed E-state index contributed by atoms with van der Waals surface area (Å²) in [5.41, 5.74) is 0.707. The van der Waals surface area contributed by atoms with Gasteiger partial charge in [-0.2, -0.15) is 13.2 Å². The molecule has 0 spiro atoms. The number of rotatable bonds is 6. The van der Waals surface area contributed by atoms with E-state index in [0.29, 0.717) is 19.5 Å². The van der Waals surface area contributed by atoms with Crippen molar-refractivity contribution in [1.82, 2.24) is 19.4 Å². The molecule has 2 aromatic carbocycles. The highest BCUT2D eigenvalue weighted by Gasteiger charge is 2.30. The van der Waals surface area contributed by atoms with E-state index < -0.39 is 23.2 Å². The van der Waals surface area contributed by atoms with Crippen molar-refractivity contribution in [3.63, 3.8) is 0 Å². The maximum Gasteiger partial charge on any atom is 0.416 e. The number of aromatic nitrogens is 3. The highest BCUT2D eigenvalue weighted by atomic mass is 19.4. The van der Waals surface area contributed by atoms with E-state index in [4.69, 9.17) is 0 Å². The molecule has 2 heterocycles. The molecular weight excluding hydrogens is 421 g/mol. The number of halogens is 3. The molecule has 4 aromatic rings. The van der Waals surface area contributed by atoms with Crippen molar-refractivity contribution in [2.45, 2.75) is 19.1 Å². The zero-order chi connectivity index (χ0) is 22.7. The molecule has 0 bridgehead atoms. The van der Waals surface area contributed by atoms with Crippen LogP contribution in [-0.2, 0) is 12.7 Å². The van der Waals surface area contributed by atoms with Crippen LogP contribution in [0, 0.1) is 0 Å². The number of hydrogen-bond donors (Lipinski definition) is 1. The Hall–Kier alpha value is -3.88. The number of carbonyl (C=O) groups is 1. The second-order valence-electron chi connectivity index (χ2n) is 7.21. The summed E-state index contributed by atoms with van der Waals surface area (Å²) in [6.07, 6.45) is -0.886. The third-order valence-corrected chi connectivity index (χ3v) is 5.01. The number of para-hydroxylation sites is 2. The van der Waals surface area contributed by atoms with Crippen LogP contribution in [-0.4, -0.2) is 26.6 Å². The van der Waals surface area contributed by atoms with Crippen LogP contribution in [0.3, 0.4) is 0 Å². The van der Waals surface area contributed by atoms with Crippen LogP contribution in [0.2, 0.25) is 0 Å². The van der Waals surface area contributed by atoms with Gasteiger partial charge in [0.15, 0.2) is 0 Å². The maximum atomic E-state index is 13.0. The minimum Gasteiger partial charge on any atom is -0.352 e. The Balaban J connectivity index is 1.43. The molecule has 164 valence electrons. The zero-order valence-corrected chi connectivity index (χ0v) is 16.8. The Bertz CT molecular complexity index is 1320. The summed E-state index contributed by atoms with van der Waals surface area (Å²) in [7, 11) is 0. The molecular formula is C23H19F3N4O2. The summed E-state index contributed by atoms with van der Waals surface area (Å²) in [6, 6.07) is 14.7. The van der Waals surface area contributed by atoms with E-state index in [0.717, 1.165) is 33.8 Å². The van der Waals surface area contributed by atoms with Crippen LogP contribution in [0.5, 0.6) is 0 Å². The minimum atomic E-state index is -4.53. The van der Waals surface area contributed by atoms with Crippen LogP contribution in [0.4, 0.5) is 13.2 Å². The number of alkyl halides is 3. The highest BCUT2D eigenvalue weighted by Crippen LogP contribution is 2.30. The van der Waals surface area contributed by atoms with Gasteiger partial charge in [-0.15, -0.1) is 0 Å². The standard InChI is InChI=1S/C23H19F3N4O2/c24-23(25,26)17-5-3-6-18(13-17)30-14-16(9-10-21(30)31)22(32)27-11-4-12-29-15-28-19-7-1-2-8-20(19)29/h1-3,5-10,13-15H,4,11-12H2,(H,27,32). The molecule has 32 heavy (non-hydrogen) atoms. The zero-order valence-electron chi connectivity index (χ0n) is 16.8. The van der Waals surface area contributed by atoms with E-state index in [1.54, 1.807) is 6.33 Å². The van der Waals surface area contributed by atoms with E-state index in [1.807, 2.05) is 28.8 Å². The van der Waals surface area contributed by atoms with Crippen LogP contribution < -0.4 is 10.9 Å². The lowest BCUT2D eigenvalue weighted by atomic mass is 10.2. The molecule has 1 amide bonds. The number of hydrogen-bond acceptors (Lipinski definition) is 3. The third-order valence-electron chi connectivity index (χ3n) is 5.01. The van der Waals surface area contributed by atoms with Crippen molar-refractivity contribution in [3.8, 4) is 5.69 Å². The van der Waals surface area contributed by atoms with Crippen molar-refractivity contribution >= 4 is 16.9 Å². The van der Waals surface area contributed by atoms with E-state index in [9.17, 15) is 22.8 Å². The summed E-state index contributed by atoms with van der Waals surface area (Å²) in [5, 5.41) is 2.78. The van der Waals surface area contributed by atoms with Gasteiger partial charge in [0.2, 0.25) is 0 Å². The molecule has 0 aliphatic rings. The lowest BCUT2D eigenvalue weighted by molar-refractivity contribution is -0.137. The largest absolute Gasteiger partial charge is 0.416 e. The Kier molecular flexibility index (Phi) is 5.81. The predicted octanol–water partition coefficient (Wildman–Crippen LogP) is 4.03. The number of pyridine rings is 1. The molecule has 0 saturated heterocycles. The van der Waals surface area contributed by atoms with Crippen molar-refractivity contribution in [2.24, 2.45) is 0 Å². The van der Waals surface area contributed by atoms with Crippen molar-refractivity contribution < 1.29 is 18.0 Å². The van der Waals surface area contributed by atoms with Gasteiger partial charge < -0.3 is 9.88 Å². The number of benzene rings is 2. The van der Waals surface area contributed by atoms with Gasteiger partial charge in [-0.1, -0.05) is 18.2 Å². The first-order valence-corrected chi connectivity index (χ1v) is 9.91. The minimum absolute atomic E-state index is 0.0338. The second-order valence-corrected chi connectivity index (χ2v) is 7.21. The third kappa shape index (κ3) is 4.56. The fourth-order valence-corrected chi connectivity index (χ4v) is 3.40. The number of nitrogens with one attached hydrogen (secondary N) is 1. The molecule has 4 rings (SSSR count). The number of amides is 1. The van der Waals surface area contributed by atoms with Gasteiger partial charge in [-0.05, 0) is 42.8 Å². The van der Waals surface area contributed by atoms with Crippen LogP contribution in [0.1, 0.15) is 22.3 Å². The van der Waals surface area contributed by atoms with Gasteiger partial charge >= 0.3 is 6.18 Å². The van der Waals surface area contributed by atoms with Crippen molar-refractivity contribution in [1.29, 1.82) is 0 Å². The molecule has 0 atom stereocenters. The fourth-order valence-electron chi connectivity index (χ4n) is 3.40. The first-order valence-electron chi connectivity index (χ1n) is 9.91. The first-order chi connectivity index (χ1) is 15.3. The molecule has 0 fully saturated rings. The Morgan fingerprint density at radius 2 is 1.84 bits per heavy atom. The van der Waals surface area contributed by atoms with Crippen LogP contribution in [0.15, 0.2) is 78.0 Å². The smallest absolute Gasteiger partial charge is 0.352 e. The number of aryl methyl sites for hydroxylation is 1. The summed E-state index contributed by atoms with van der Waals surface area (Å²) >= 11 is 0. The Labute approximate surface area is 180 Å². The SMILES string of the molecule is O=C(NCCCn1cnc2ccccc21)c1ccc(=O)n(-c2cccc(C(F)(F)F)c2)c1. The Morgan fingerprint density at radius 1 is 1.03 bits per heavy atom. The van der Waals surface area contributed by atoms with Gasteiger partial charge in [0.05, 0.1) is 28.5 Å². The maximum absolute atomic E-state index is 13.0. The molecule has 2 aromatic heterocycles. The van der Waals surface area contributed by atoms with E-state index in [2.05, 4.69) is 10.3 Å². The van der Waals surface area contributed by atoms with Gasteiger partial charge in [-0.25, -0.2) is 4.98 Å².